The third-order valence-corrected chi connectivity index (χ3v) is 3.52. The lowest BCUT2D eigenvalue weighted by Crippen LogP contribution is -2.27. The molecule has 0 spiro atoms. The monoisotopic (exact) mass is 301 g/mol. The Morgan fingerprint density at radius 1 is 1.36 bits per heavy atom. The Balaban J connectivity index is 1.97. The Labute approximate surface area is 97.2 Å². The Morgan fingerprint density at radius 2 is 2.07 bits per heavy atom. The van der Waals surface area contributed by atoms with E-state index in [1.807, 2.05) is 18.2 Å². The van der Waals surface area contributed by atoms with Crippen molar-refractivity contribution in [2.24, 2.45) is 0 Å². The predicted molar refractivity (Wildman–Crippen MR) is 64.5 cm³/mol. The summed E-state index contributed by atoms with van der Waals surface area (Å²) < 4.78 is 0.154. The second kappa shape index (κ2) is 4.29. The van der Waals surface area contributed by atoms with E-state index in [-0.39, 0.29) is 9.83 Å². The van der Waals surface area contributed by atoms with E-state index in [0.29, 0.717) is 6.04 Å². The highest BCUT2D eigenvalue weighted by Crippen LogP contribution is 2.19. The van der Waals surface area contributed by atoms with Crippen molar-refractivity contribution in [1.82, 2.24) is 5.32 Å². The predicted octanol–water partition coefficient (Wildman–Crippen LogP) is 1.92. The van der Waals surface area contributed by atoms with Gasteiger partial charge in [-0.25, -0.2) is 0 Å². The molecule has 1 aliphatic heterocycles. The Hall–Kier alpha value is -0.580. The molecule has 2 atom stereocenters. The summed E-state index contributed by atoms with van der Waals surface area (Å²) in [6.07, 6.45) is 1.90. The van der Waals surface area contributed by atoms with Crippen LogP contribution in [0, 0.1) is 0 Å². The lowest BCUT2D eigenvalue weighted by molar-refractivity contribution is -0.118. The number of rotatable bonds is 2. The number of halogens is 1. The summed E-state index contributed by atoms with van der Waals surface area (Å²) in [6.45, 7) is 0. The molecule has 0 aromatic heterocycles. The number of hydrogen-bond donors (Lipinski definition) is 1. The van der Waals surface area contributed by atoms with Gasteiger partial charge < -0.3 is 5.32 Å². The molecule has 14 heavy (non-hydrogen) atoms. The molecule has 2 rings (SSSR count). The van der Waals surface area contributed by atoms with Gasteiger partial charge in [-0.05, 0) is 18.4 Å². The fourth-order valence-corrected chi connectivity index (χ4v) is 2.53. The minimum absolute atomic E-state index is 0.154. The lowest BCUT2D eigenvalue weighted by atomic mass is 10.1. The molecule has 0 radical (unpaired) electrons. The molecule has 1 N–H and O–H groups in total. The van der Waals surface area contributed by atoms with Crippen molar-refractivity contribution in [3.05, 3.63) is 35.9 Å². The number of nitrogens with one attached hydrogen (secondary N) is 1. The van der Waals surface area contributed by atoms with Crippen LogP contribution in [-0.2, 0) is 11.2 Å². The highest BCUT2D eigenvalue weighted by Gasteiger charge is 2.29. The van der Waals surface area contributed by atoms with Crippen LogP contribution in [0.4, 0.5) is 0 Å². The minimum atomic E-state index is 0.154. The Bertz CT molecular complexity index is 325. The van der Waals surface area contributed by atoms with Gasteiger partial charge in [0.15, 0.2) is 0 Å². The quantitative estimate of drug-likeness (QED) is 0.656. The number of carbonyl (C=O) groups excluding carboxylic acids is 1. The molecule has 1 amide bonds. The molecule has 1 aromatic rings. The number of alkyl halides is 1. The maximum atomic E-state index is 11.3. The van der Waals surface area contributed by atoms with Gasteiger partial charge in [0, 0.05) is 6.04 Å². The first-order valence-corrected chi connectivity index (χ1v) is 5.98. The van der Waals surface area contributed by atoms with Gasteiger partial charge in [0.05, 0.1) is 3.92 Å². The molecule has 3 heteroatoms. The number of carbonyl (C=O) groups is 1. The summed E-state index contributed by atoms with van der Waals surface area (Å²) in [5.74, 6) is 0.187. The van der Waals surface area contributed by atoms with Crippen LogP contribution in [-0.4, -0.2) is 15.9 Å². The first kappa shape index (κ1) is 9.96. The zero-order valence-electron chi connectivity index (χ0n) is 7.74. The fraction of sp³-hybridized carbons (Fsp3) is 0.364. The van der Waals surface area contributed by atoms with Crippen molar-refractivity contribution in [1.29, 1.82) is 0 Å². The van der Waals surface area contributed by atoms with Gasteiger partial charge in [-0.15, -0.1) is 0 Å². The summed E-state index contributed by atoms with van der Waals surface area (Å²) in [4.78, 5) is 11.3. The highest BCUT2D eigenvalue weighted by molar-refractivity contribution is 14.1. The van der Waals surface area contributed by atoms with Crippen molar-refractivity contribution in [3.63, 3.8) is 0 Å². The first-order valence-electron chi connectivity index (χ1n) is 4.74. The number of hydrogen-bond acceptors (Lipinski definition) is 1. The van der Waals surface area contributed by atoms with E-state index in [0.717, 1.165) is 12.8 Å². The first-order chi connectivity index (χ1) is 6.75. The molecule has 1 heterocycles. The lowest BCUT2D eigenvalue weighted by Gasteiger charge is -2.08. The second-order valence-corrected chi connectivity index (χ2v) is 5.10. The van der Waals surface area contributed by atoms with Crippen LogP contribution in [0.25, 0.3) is 0 Å². The van der Waals surface area contributed by atoms with Gasteiger partial charge in [0.1, 0.15) is 0 Å². The van der Waals surface area contributed by atoms with Crippen molar-refractivity contribution in [3.8, 4) is 0 Å². The Kier molecular flexibility index (Phi) is 3.05. The van der Waals surface area contributed by atoms with Crippen molar-refractivity contribution < 1.29 is 4.79 Å². The van der Waals surface area contributed by atoms with E-state index in [1.165, 1.54) is 5.56 Å². The molecular weight excluding hydrogens is 289 g/mol. The van der Waals surface area contributed by atoms with E-state index in [2.05, 4.69) is 40.0 Å². The average Bonchev–Trinajstić information content (AvgIpc) is 2.47. The summed E-state index contributed by atoms with van der Waals surface area (Å²) in [5.41, 5.74) is 1.29. The van der Waals surface area contributed by atoms with Gasteiger partial charge in [-0.3, -0.25) is 4.79 Å². The van der Waals surface area contributed by atoms with Gasteiger partial charge in [0.25, 0.3) is 0 Å². The third-order valence-electron chi connectivity index (χ3n) is 2.45. The van der Waals surface area contributed by atoms with Crippen LogP contribution in [0.5, 0.6) is 0 Å². The zero-order valence-corrected chi connectivity index (χ0v) is 9.90. The standard InChI is InChI=1S/C11H12INO/c12-10-7-9(13-11(10)14)6-8-4-2-1-3-5-8/h1-5,9-10H,6-7H2,(H,13,14). The normalized spacial score (nSPS) is 26.2. The van der Waals surface area contributed by atoms with E-state index in [9.17, 15) is 4.79 Å². The van der Waals surface area contributed by atoms with Crippen LogP contribution in [0.2, 0.25) is 0 Å². The molecule has 1 aliphatic rings. The molecule has 2 nitrogen and oxygen atoms in total. The van der Waals surface area contributed by atoms with Gasteiger partial charge in [-0.1, -0.05) is 52.9 Å². The zero-order chi connectivity index (χ0) is 9.97. The van der Waals surface area contributed by atoms with E-state index < -0.39 is 0 Å². The van der Waals surface area contributed by atoms with Crippen LogP contribution in [0.3, 0.4) is 0 Å². The molecule has 0 bridgehead atoms. The second-order valence-electron chi connectivity index (χ2n) is 3.60. The largest absolute Gasteiger partial charge is 0.352 e. The third kappa shape index (κ3) is 2.26. The van der Waals surface area contributed by atoms with Crippen LogP contribution < -0.4 is 5.32 Å². The SMILES string of the molecule is O=C1NC(Cc2ccccc2)CC1I. The maximum absolute atomic E-state index is 11.3. The highest BCUT2D eigenvalue weighted by atomic mass is 127. The number of benzene rings is 1. The fourth-order valence-electron chi connectivity index (χ4n) is 1.74. The molecular formula is C11H12INO. The van der Waals surface area contributed by atoms with E-state index >= 15 is 0 Å². The molecule has 74 valence electrons. The average molecular weight is 301 g/mol. The molecule has 1 saturated heterocycles. The molecule has 1 fully saturated rings. The summed E-state index contributed by atoms with van der Waals surface area (Å²) in [6, 6.07) is 10.6. The van der Waals surface area contributed by atoms with Crippen LogP contribution in [0.15, 0.2) is 30.3 Å². The van der Waals surface area contributed by atoms with Crippen molar-refractivity contribution in [2.75, 3.05) is 0 Å². The maximum Gasteiger partial charge on any atom is 0.233 e. The number of amides is 1. The van der Waals surface area contributed by atoms with Crippen molar-refractivity contribution >= 4 is 28.5 Å². The smallest absolute Gasteiger partial charge is 0.233 e. The Morgan fingerprint density at radius 3 is 2.64 bits per heavy atom. The molecule has 1 aromatic carbocycles. The minimum Gasteiger partial charge on any atom is -0.352 e. The van der Waals surface area contributed by atoms with Gasteiger partial charge in [0.2, 0.25) is 5.91 Å². The van der Waals surface area contributed by atoms with Crippen LogP contribution >= 0.6 is 22.6 Å². The van der Waals surface area contributed by atoms with Gasteiger partial charge >= 0.3 is 0 Å². The summed E-state index contributed by atoms with van der Waals surface area (Å²) in [7, 11) is 0. The molecule has 2 unspecified atom stereocenters. The topological polar surface area (TPSA) is 29.1 Å². The molecule has 0 saturated carbocycles. The summed E-state index contributed by atoms with van der Waals surface area (Å²) >= 11 is 2.20. The molecule has 0 aliphatic carbocycles. The summed E-state index contributed by atoms with van der Waals surface area (Å²) in [5, 5.41) is 3.01. The van der Waals surface area contributed by atoms with E-state index in [1.54, 1.807) is 0 Å². The van der Waals surface area contributed by atoms with Gasteiger partial charge in [-0.2, -0.15) is 0 Å². The van der Waals surface area contributed by atoms with Crippen molar-refractivity contribution in [2.45, 2.75) is 22.8 Å². The van der Waals surface area contributed by atoms with E-state index in [4.69, 9.17) is 0 Å². The van der Waals surface area contributed by atoms with Crippen LogP contribution in [0.1, 0.15) is 12.0 Å².